The van der Waals surface area contributed by atoms with Gasteiger partial charge in [-0.25, -0.2) is 4.98 Å². The van der Waals surface area contributed by atoms with Crippen LogP contribution < -0.4 is 5.32 Å². The number of nitrogens with one attached hydrogen (secondary N) is 1. The van der Waals surface area contributed by atoms with Gasteiger partial charge in [-0.05, 0) is 31.0 Å². The summed E-state index contributed by atoms with van der Waals surface area (Å²) >= 11 is 6.10. The summed E-state index contributed by atoms with van der Waals surface area (Å²) in [7, 11) is 0. The van der Waals surface area contributed by atoms with E-state index < -0.39 is 0 Å². The third-order valence-electron chi connectivity index (χ3n) is 3.70. The van der Waals surface area contributed by atoms with Gasteiger partial charge in [-0.1, -0.05) is 41.9 Å². The van der Waals surface area contributed by atoms with Gasteiger partial charge in [0.05, 0.1) is 5.56 Å². The standard InChI is InChI=1S/C18H15ClN2O2/c1-11-7-8-13-15(21-11)18(23)16(14(19)17(13)22)20-10-9-12-5-3-2-4-6-12/h2-8,20H,9-10H2,1H3. The van der Waals surface area contributed by atoms with Crippen LogP contribution in [0.1, 0.15) is 32.1 Å². The fourth-order valence-corrected chi connectivity index (χ4v) is 2.75. The second-order valence-corrected chi connectivity index (χ2v) is 5.74. The Morgan fingerprint density at radius 1 is 1.04 bits per heavy atom. The minimum absolute atomic E-state index is 0.0683. The summed E-state index contributed by atoms with van der Waals surface area (Å²) in [6, 6.07) is 13.2. The number of ketones is 2. The molecular weight excluding hydrogens is 312 g/mol. The fourth-order valence-electron chi connectivity index (χ4n) is 2.50. The zero-order valence-electron chi connectivity index (χ0n) is 12.6. The molecule has 1 heterocycles. The highest BCUT2D eigenvalue weighted by Gasteiger charge is 2.32. The summed E-state index contributed by atoms with van der Waals surface area (Å²) in [4.78, 5) is 29.0. The molecule has 0 atom stereocenters. The average Bonchev–Trinajstić information content (AvgIpc) is 2.57. The highest BCUT2D eigenvalue weighted by molar-refractivity contribution is 6.49. The number of hydrogen-bond acceptors (Lipinski definition) is 4. The van der Waals surface area contributed by atoms with Crippen molar-refractivity contribution in [1.29, 1.82) is 0 Å². The molecule has 0 saturated carbocycles. The summed E-state index contributed by atoms with van der Waals surface area (Å²) in [6.07, 6.45) is 0.726. The number of Topliss-reactive ketones (excluding diaryl/α,β-unsaturated/α-hetero) is 2. The number of carbonyl (C=O) groups excluding carboxylic acids is 2. The Hall–Kier alpha value is -2.46. The average molecular weight is 327 g/mol. The van der Waals surface area contributed by atoms with Crippen molar-refractivity contribution in [3.63, 3.8) is 0 Å². The molecule has 0 bridgehead atoms. The molecule has 3 rings (SSSR count). The third kappa shape index (κ3) is 3.03. The summed E-state index contributed by atoms with van der Waals surface area (Å²) in [6.45, 7) is 2.29. The minimum Gasteiger partial charge on any atom is -0.380 e. The third-order valence-corrected chi connectivity index (χ3v) is 4.06. The van der Waals surface area contributed by atoms with Gasteiger partial charge in [-0.3, -0.25) is 9.59 Å². The molecule has 4 nitrogen and oxygen atoms in total. The predicted molar refractivity (Wildman–Crippen MR) is 88.7 cm³/mol. The van der Waals surface area contributed by atoms with Crippen molar-refractivity contribution in [1.82, 2.24) is 10.3 Å². The van der Waals surface area contributed by atoms with E-state index in [-0.39, 0.29) is 33.6 Å². The molecule has 23 heavy (non-hydrogen) atoms. The Morgan fingerprint density at radius 3 is 2.52 bits per heavy atom. The molecule has 0 radical (unpaired) electrons. The Balaban J connectivity index is 1.80. The lowest BCUT2D eigenvalue weighted by molar-refractivity contribution is 0.0970. The number of rotatable bonds is 4. The SMILES string of the molecule is Cc1ccc2c(n1)C(=O)C(NCCc1ccccc1)=C(Cl)C2=O. The van der Waals surface area contributed by atoms with Crippen molar-refractivity contribution in [3.8, 4) is 0 Å². The van der Waals surface area contributed by atoms with Crippen LogP contribution in [0, 0.1) is 6.92 Å². The summed E-state index contributed by atoms with van der Waals surface area (Å²) in [5.74, 6) is -0.697. The summed E-state index contributed by atoms with van der Waals surface area (Å²) < 4.78 is 0. The first-order valence-electron chi connectivity index (χ1n) is 7.32. The summed E-state index contributed by atoms with van der Waals surface area (Å²) in [5, 5.41) is 2.93. The number of halogens is 1. The monoisotopic (exact) mass is 326 g/mol. The molecule has 116 valence electrons. The van der Waals surface area contributed by atoms with Gasteiger partial charge < -0.3 is 5.32 Å². The first-order valence-corrected chi connectivity index (χ1v) is 7.70. The number of allylic oxidation sites excluding steroid dienone is 2. The maximum atomic E-state index is 12.5. The Bertz CT molecular complexity index is 813. The largest absolute Gasteiger partial charge is 0.380 e. The van der Waals surface area contributed by atoms with Crippen LogP contribution in [0.15, 0.2) is 53.2 Å². The molecule has 0 unspecified atom stereocenters. The first-order chi connectivity index (χ1) is 11.1. The highest BCUT2D eigenvalue weighted by atomic mass is 35.5. The van der Waals surface area contributed by atoms with E-state index in [2.05, 4.69) is 10.3 Å². The number of benzene rings is 1. The van der Waals surface area contributed by atoms with Crippen molar-refractivity contribution < 1.29 is 9.59 Å². The zero-order valence-corrected chi connectivity index (χ0v) is 13.4. The van der Waals surface area contributed by atoms with Gasteiger partial charge in [0.1, 0.15) is 16.4 Å². The van der Waals surface area contributed by atoms with Gasteiger partial charge in [0.25, 0.3) is 0 Å². The van der Waals surface area contributed by atoms with Crippen LogP contribution in [-0.4, -0.2) is 23.1 Å². The number of nitrogens with zero attached hydrogens (tertiary/aromatic N) is 1. The van der Waals surface area contributed by atoms with Gasteiger partial charge in [0.15, 0.2) is 0 Å². The highest BCUT2D eigenvalue weighted by Crippen LogP contribution is 2.26. The van der Waals surface area contributed by atoms with Crippen LogP contribution >= 0.6 is 11.6 Å². The van der Waals surface area contributed by atoms with E-state index in [4.69, 9.17) is 11.6 Å². The zero-order chi connectivity index (χ0) is 16.4. The molecule has 2 aromatic rings. The molecule has 0 fully saturated rings. The van der Waals surface area contributed by atoms with Crippen molar-refractivity contribution >= 4 is 23.2 Å². The van der Waals surface area contributed by atoms with Gasteiger partial charge in [0, 0.05) is 12.2 Å². The van der Waals surface area contributed by atoms with E-state index >= 15 is 0 Å². The normalized spacial score (nSPS) is 14.0. The van der Waals surface area contributed by atoms with Crippen molar-refractivity contribution in [2.45, 2.75) is 13.3 Å². The lowest BCUT2D eigenvalue weighted by atomic mass is 9.96. The topological polar surface area (TPSA) is 59.1 Å². The van der Waals surface area contributed by atoms with Crippen LogP contribution in [-0.2, 0) is 6.42 Å². The van der Waals surface area contributed by atoms with Crippen LogP contribution in [0.5, 0.6) is 0 Å². The molecule has 1 aromatic carbocycles. The second-order valence-electron chi connectivity index (χ2n) is 5.36. The van der Waals surface area contributed by atoms with Crippen molar-refractivity contribution in [2.24, 2.45) is 0 Å². The van der Waals surface area contributed by atoms with Crippen LogP contribution in [0.25, 0.3) is 0 Å². The number of carbonyl (C=O) groups is 2. The first kappa shape index (κ1) is 15.4. The summed E-state index contributed by atoms with van der Waals surface area (Å²) in [5.41, 5.74) is 2.39. The van der Waals surface area contributed by atoms with Crippen molar-refractivity contribution in [2.75, 3.05) is 6.54 Å². The van der Waals surface area contributed by atoms with Gasteiger partial charge in [-0.15, -0.1) is 0 Å². The Labute approximate surface area is 139 Å². The predicted octanol–water partition coefficient (Wildman–Crippen LogP) is 3.05. The number of pyridine rings is 1. The number of aromatic nitrogens is 1. The van der Waals surface area contributed by atoms with E-state index in [1.54, 1.807) is 19.1 Å². The van der Waals surface area contributed by atoms with Crippen molar-refractivity contribution in [3.05, 3.63) is 75.7 Å². The molecule has 1 N–H and O–H groups in total. The molecule has 5 heteroatoms. The molecule has 0 saturated heterocycles. The van der Waals surface area contributed by atoms with Gasteiger partial charge in [-0.2, -0.15) is 0 Å². The van der Waals surface area contributed by atoms with Crippen LogP contribution in [0.3, 0.4) is 0 Å². The Morgan fingerprint density at radius 2 is 1.78 bits per heavy atom. The molecular formula is C18H15ClN2O2. The van der Waals surface area contributed by atoms with E-state index in [1.807, 2.05) is 30.3 Å². The smallest absolute Gasteiger partial charge is 0.229 e. The maximum absolute atomic E-state index is 12.5. The molecule has 1 aliphatic rings. The van der Waals surface area contributed by atoms with Gasteiger partial charge >= 0.3 is 0 Å². The van der Waals surface area contributed by atoms with E-state index in [0.29, 0.717) is 12.2 Å². The number of fused-ring (bicyclic) bond motifs is 1. The molecule has 0 spiro atoms. The maximum Gasteiger partial charge on any atom is 0.229 e. The molecule has 1 aliphatic carbocycles. The lowest BCUT2D eigenvalue weighted by Crippen LogP contribution is -2.31. The number of aryl methyl sites for hydroxylation is 1. The van der Waals surface area contributed by atoms with Gasteiger partial charge in [0.2, 0.25) is 11.6 Å². The van der Waals surface area contributed by atoms with E-state index in [0.717, 1.165) is 12.0 Å². The van der Waals surface area contributed by atoms with E-state index in [1.165, 1.54) is 0 Å². The Kier molecular flexibility index (Phi) is 4.26. The second kappa shape index (κ2) is 6.34. The van der Waals surface area contributed by atoms with Crippen LogP contribution in [0.4, 0.5) is 0 Å². The quantitative estimate of drug-likeness (QED) is 0.938. The van der Waals surface area contributed by atoms with E-state index in [9.17, 15) is 9.59 Å². The molecule has 1 aromatic heterocycles. The molecule has 0 amide bonds. The number of hydrogen-bond donors (Lipinski definition) is 1. The molecule has 0 aliphatic heterocycles. The lowest BCUT2D eigenvalue weighted by Gasteiger charge is -2.18. The van der Waals surface area contributed by atoms with Crippen LogP contribution in [0.2, 0.25) is 0 Å². The minimum atomic E-state index is -0.365. The fraction of sp³-hybridized carbons (Fsp3) is 0.167.